The van der Waals surface area contributed by atoms with Crippen LogP contribution in [-0.2, 0) is 6.54 Å². The molecule has 0 bridgehead atoms. The number of halogens is 1. The van der Waals surface area contributed by atoms with Crippen molar-refractivity contribution in [2.24, 2.45) is 0 Å². The summed E-state index contributed by atoms with van der Waals surface area (Å²) in [6.45, 7) is 1.34. The minimum absolute atomic E-state index is 0.126. The van der Waals surface area contributed by atoms with Gasteiger partial charge in [0.25, 0.3) is 0 Å². The summed E-state index contributed by atoms with van der Waals surface area (Å²) in [7, 11) is 1.50. The second-order valence-electron chi connectivity index (χ2n) is 3.60. The Balaban J connectivity index is 2.59. The minimum Gasteiger partial charge on any atom is -0.504 e. The third-order valence-electron chi connectivity index (χ3n) is 2.33. The number of nitrogens with one attached hydrogen (secondary N) is 1. The lowest BCUT2D eigenvalue weighted by atomic mass is 10.2. The topological polar surface area (TPSA) is 41.5 Å². The second-order valence-corrected chi connectivity index (χ2v) is 4.04. The van der Waals surface area contributed by atoms with Gasteiger partial charge in [-0.3, -0.25) is 0 Å². The van der Waals surface area contributed by atoms with Crippen molar-refractivity contribution >= 4 is 11.6 Å². The fraction of sp³-hybridized carbons (Fsp3) is 0.385. The van der Waals surface area contributed by atoms with E-state index in [-0.39, 0.29) is 5.75 Å². The number of rotatable bonds is 6. The third kappa shape index (κ3) is 4.18. The summed E-state index contributed by atoms with van der Waals surface area (Å²) in [5.74, 6) is 3.09. The Morgan fingerprint density at radius 3 is 2.94 bits per heavy atom. The highest BCUT2D eigenvalue weighted by molar-refractivity contribution is 6.30. The summed E-state index contributed by atoms with van der Waals surface area (Å²) in [5.41, 5.74) is 0.718. The maximum Gasteiger partial charge on any atom is 0.162 e. The predicted octanol–water partition coefficient (Wildman–Crippen LogP) is 2.56. The Bertz CT molecular complexity index is 413. The number of hydrogen-bond acceptors (Lipinski definition) is 3. The first-order valence-electron chi connectivity index (χ1n) is 5.38. The van der Waals surface area contributed by atoms with Crippen molar-refractivity contribution in [3.63, 3.8) is 0 Å². The first-order chi connectivity index (χ1) is 8.19. The SMILES string of the molecule is C#CCCCNCc1cc(Cl)cc(OC)c1O. The monoisotopic (exact) mass is 253 g/mol. The van der Waals surface area contributed by atoms with Gasteiger partial charge in [-0.1, -0.05) is 11.6 Å². The van der Waals surface area contributed by atoms with Gasteiger partial charge in [-0.15, -0.1) is 12.3 Å². The Kier molecular flexibility index (Phi) is 5.68. The molecule has 0 unspecified atom stereocenters. The zero-order valence-corrected chi connectivity index (χ0v) is 10.5. The number of unbranched alkanes of at least 4 members (excludes halogenated alkanes) is 1. The largest absolute Gasteiger partial charge is 0.504 e. The number of methoxy groups -OCH3 is 1. The first kappa shape index (κ1) is 13.7. The Labute approximate surface area is 107 Å². The summed E-state index contributed by atoms with van der Waals surface area (Å²) in [4.78, 5) is 0. The summed E-state index contributed by atoms with van der Waals surface area (Å²) in [6, 6.07) is 3.30. The zero-order chi connectivity index (χ0) is 12.7. The van der Waals surface area contributed by atoms with Crippen LogP contribution in [0.25, 0.3) is 0 Å². The highest BCUT2D eigenvalue weighted by Gasteiger charge is 2.09. The maximum absolute atomic E-state index is 9.86. The molecule has 0 spiro atoms. The first-order valence-corrected chi connectivity index (χ1v) is 5.76. The summed E-state index contributed by atoms with van der Waals surface area (Å²) >= 11 is 5.92. The van der Waals surface area contributed by atoms with E-state index in [1.807, 2.05) is 0 Å². The van der Waals surface area contributed by atoms with Gasteiger partial charge in [-0.05, 0) is 19.0 Å². The number of benzene rings is 1. The van der Waals surface area contributed by atoms with E-state index in [4.69, 9.17) is 22.8 Å². The van der Waals surface area contributed by atoms with Gasteiger partial charge in [0.05, 0.1) is 7.11 Å². The Morgan fingerprint density at radius 1 is 1.53 bits per heavy atom. The summed E-state index contributed by atoms with van der Waals surface area (Å²) in [5, 5.41) is 13.6. The van der Waals surface area contributed by atoms with E-state index >= 15 is 0 Å². The molecule has 0 saturated heterocycles. The molecule has 3 nitrogen and oxygen atoms in total. The number of phenols is 1. The van der Waals surface area contributed by atoms with Crippen molar-refractivity contribution in [2.75, 3.05) is 13.7 Å². The van der Waals surface area contributed by atoms with E-state index in [1.54, 1.807) is 12.1 Å². The van der Waals surface area contributed by atoms with Crippen LogP contribution in [0.2, 0.25) is 5.02 Å². The van der Waals surface area contributed by atoms with Crippen molar-refractivity contribution < 1.29 is 9.84 Å². The highest BCUT2D eigenvalue weighted by Crippen LogP contribution is 2.33. The van der Waals surface area contributed by atoms with Gasteiger partial charge in [0.15, 0.2) is 11.5 Å². The smallest absolute Gasteiger partial charge is 0.162 e. The Hall–Kier alpha value is -1.37. The van der Waals surface area contributed by atoms with Gasteiger partial charge in [-0.25, -0.2) is 0 Å². The van der Waals surface area contributed by atoms with Crippen LogP contribution in [0, 0.1) is 12.3 Å². The molecule has 1 aromatic carbocycles. The van der Waals surface area contributed by atoms with Crippen LogP contribution in [-0.4, -0.2) is 18.8 Å². The van der Waals surface area contributed by atoms with Crippen molar-refractivity contribution in [3.05, 3.63) is 22.7 Å². The van der Waals surface area contributed by atoms with Gasteiger partial charge in [0, 0.05) is 29.6 Å². The molecule has 0 aliphatic rings. The van der Waals surface area contributed by atoms with E-state index < -0.39 is 0 Å². The van der Waals surface area contributed by atoms with Crippen molar-refractivity contribution in [3.8, 4) is 23.8 Å². The fourth-order valence-electron chi connectivity index (χ4n) is 1.46. The molecule has 2 N–H and O–H groups in total. The molecule has 0 aromatic heterocycles. The molecule has 17 heavy (non-hydrogen) atoms. The van der Waals surface area contributed by atoms with Gasteiger partial charge >= 0.3 is 0 Å². The number of terminal acetylenes is 1. The summed E-state index contributed by atoms with van der Waals surface area (Å²) in [6.07, 6.45) is 6.81. The molecule has 0 aliphatic carbocycles. The van der Waals surface area contributed by atoms with E-state index in [0.717, 1.165) is 24.9 Å². The number of aromatic hydroxyl groups is 1. The number of hydrogen-bond donors (Lipinski definition) is 2. The maximum atomic E-state index is 9.86. The molecule has 1 rings (SSSR count). The quantitative estimate of drug-likeness (QED) is 0.605. The van der Waals surface area contributed by atoms with E-state index in [1.165, 1.54) is 7.11 Å². The van der Waals surface area contributed by atoms with Crippen molar-refractivity contribution in [1.29, 1.82) is 0 Å². The second kappa shape index (κ2) is 7.05. The molecule has 1 aromatic rings. The fourth-order valence-corrected chi connectivity index (χ4v) is 1.69. The number of phenolic OH excluding ortho intramolecular Hbond substituents is 1. The van der Waals surface area contributed by atoms with E-state index in [9.17, 15) is 5.11 Å². The molecule has 0 aliphatic heterocycles. The third-order valence-corrected chi connectivity index (χ3v) is 2.55. The molecule has 4 heteroatoms. The predicted molar refractivity (Wildman–Crippen MR) is 69.4 cm³/mol. The van der Waals surface area contributed by atoms with Crippen LogP contribution in [0.5, 0.6) is 11.5 Å². The van der Waals surface area contributed by atoms with Gasteiger partial charge in [0.2, 0.25) is 0 Å². The molecular weight excluding hydrogens is 238 g/mol. The molecule has 92 valence electrons. The van der Waals surface area contributed by atoms with Gasteiger partial charge < -0.3 is 15.2 Å². The molecule has 0 amide bonds. The van der Waals surface area contributed by atoms with Crippen LogP contribution >= 0.6 is 11.6 Å². The summed E-state index contributed by atoms with van der Waals surface area (Å²) < 4.78 is 5.02. The lowest BCUT2D eigenvalue weighted by Crippen LogP contribution is -2.14. The number of ether oxygens (including phenoxy) is 1. The van der Waals surface area contributed by atoms with Crippen LogP contribution in [0.15, 0.2) is 12.1 Å². The van der Waals surface area contributed by atoms with Crippen LogP contribution < -0.4 is 10.1 Å². The standard InChI is InChI=1S/C13H16ClNO2/c1-3-4-5-6-15-9-10-7-11(14)8-12(17-2)13(10)16/h1,7-8,15-16H,4-6,9H2,2H3. The highest BCUT2D eigenvalue weighted by atomic mass is 35.5. The lowest BCUT2D eigenvalue weighted by Gasteiger charge is -2.10. The molecule has 0 radical (unpaired) electrons. The van der Waals surface area contributed by atoms with Crippen LogP contribution in [0.3, 0.4) is 0 Å². The Morgan fingerprint density at radius 2 is 2.29 bits per heavy atom. The molecule has 0 saturated carbocycles. The van der Waals surface area contributed by atoms with Gasteiger partial charge in [0.1, 0.15) is 0 Å². The van der Waals surface area contributed by atoms with Crippen LogP contribution in [0.4, 0.5) is 0 Å². The van der Waals surface area contributed by atoms with Gasteiger partial charge in [-0.2, -0.15) is 0 Å². The normalized spacial score (nSPS) is 9.94. The molecule has 0 fully saturated rings. The average Bonchev–Trinajstić information content (AvgIpc) is 2.32. The molecular formula is C13H16ClNO2. The average molecular weight is 254 g/mol. The minimum atomic E-state index is 0.126. The van der Waals surface area contributed by atoms with Crippen molar-refractivity contribution in [1.82, 2.24) is 5.32 Å². The van der Waals surface area contributed by atoms with Crippen molar-refractivity contribution in [2.45, 2.75) is 19.4 Å². The molecule has 0 atom stereocenters. The molecule has 0 heterocycles. The van der Waals surface area contributed by atoms with E-state index in [0.29, 0.717) is 17.3 Å². The van der Waals surface area contributed by atoms with E-state index in [2.05, 4.69) is 11.2 Å². The van der Waals surface area contributed by atoms with Crippen LogP contribution in [0.1, 0.15) is 18.4 Å². The zero-order valence-electron chi connectivity index (χ0n) is 9.79. The lowest BCUT2D eigenvalue weighted by molar-refractivity contribution is 0.369.